The summed E-state index contributed by atoms with van der Waals surface area (Å²) in [6.45, 7) is 4.26. The summed E-state index contributed by atoms with van der Waals surface area (Å²) in [5.74, 6) is 2.08. The summed E-state index contributed by atoms with van der Waals surface area (Å²) in [5.41, 5.74) is 2.70. The third-order valence-corrected chi connectivity index (χ3v) is 3.41. The van der Waals surface area contributed by atoms with Crippen LogP contribution >= 0.6 is 0 Å². The first kappa shape index (κ1) is 12.9. The van der Waals surface area contributed by atoms with Gasteiger partial charge in [0.15, 0.2) is 0 Å². The molecule has 1 heterocycles. The number of rotatable bonds is 5. The molecule has 1 aromatic carbocycles. The van der Waals surface area contributed by atoms with Gasteiger partial charge in [0.25, 0.3) is 0 Å². The summed E-state index contributed by atoms with van der Waals surface area (Å²) in [5, 5.41) is 3.34. The molecule has 1 N–H and O–H groups in total. The van der Waals surface area contributed by atoms with E-state index in [1.165, 1.54) is 11.1 Å². The Kier molecular flexibility index (Phi) is 4.21. The summed E-state index contributed by atoms with van der Waals surface area (Å²) in [7, 11) is 1.98. The van der Waals surface area contributed by atoms with Crippen LogP contribution in [0.4, 0.5) is 0 Å². The van der Waals surface area contributed by atoms with Crippen LogP contribution < -0.4 is 5.32 Å². The second-order valence-electron chi connectivity index (χ2n) is 4.63. The average molecular weight is 243 g/mol. The minimum Gasteiger partial charge on any atom is -0.464 e. The van der Waals surface area contributed by atoms with Gasteiger partial charge in [0.2, 0.25) is 0 Å². The van der Waals surface area contributed by atoms with Crippen LogP contribution in [0.3, 0.4) is 0 Å². The Labute approximate surface area is 109 Å². The molecule has 0 aliphatic carbocycles. The Morgan fingerprint density at radius 1 is 1.17 bits per heavy atom. The van der Waals surface area contributed by atoms with Gasteiger partial charge in [-0.25, -0.2) is 0 Å². The largest absolute Gasteiger partial charge is 0.464 e. The molecule has 2 rings (SSSR count). The molecular weight excluding hydrogens is 222 g/mol. The molecule has 0 fully saturated rings. The highest BCUT2D eigenvalue weighted by atomic mass is 16.3. The molecular formula is C16H21NO. The molecule has 1 unspecified atom stereocenters. The molecule has 0 saturated heterocycles. The van der Waals surface area contributed by atoms with Crippen molar-refractivity contribution in [2.24, 2.45) is 0 Å². The fraction of sp³-hybridized carbons (Fsp3) is 0.375. The number of aryl methyl sites for hydroxylation is 2. The number of hydrogen-bond donors (Lipinski definition) is 1. The van der Waals surface area contributed by atoms with Crippen molar-refractivity contribution in [3.05, 3.63) is 59.0 Å². The van der Waals surface area contributed by atoms with Crippen LogP contribution in [0, 0.1) is 6.92 Å². The van der Waals surface area contributed by atoms with Gasteiger partial charge >= 0.3 is 0 Å². The molecule has 2 aromatic rings. The van der Waals surface area contributed by atoms with E-state index in [1.807, 2.05) is 7.05 Å². The average Bonchev–Trinajstić information content (AvgIpc) is 2.86. The van der Waals surface area contributed by atoms with Crippen LogP contribution in [0.25, 0.3) is 0 Å². The Balaban J connectivity index is 2.17. The predicted octanol–water partition coefficient (Wildman–Crippen LogP) is 3.65. The molecule has 0 saturated carbocycles. The Bertz CT molecular complexity index is 501. The van der Waals surface area contributed by atoms with Crippen LogP contribution in [-0.4, -0.2) is 7.05 Å². The number of furan rings is 1. The maximum absolute atomic E-state index is 5.84. The normalized spacial score (nSPS) is 12.6. The van der Waals surface area contributed by atoms with Crippen molar-refractivity contribution >= 4 is 0 Å². The summed E-state index contributed by atoms with van der Waals surface area (Å²) in [4.78, 5) is 0. The zero-order valence-corrected chi connectivity index (χ0v) is 11.4. The van der Waals surface area contributed by atoms with Gasteiger partial charge in [-0.1, -0.05) is 31.2 Å². The van der Waals surface area contributed by atoms with Crippen molar-refractivity contribution in [3.63, 3.8) is 0 Å². The van der Waals surface area contributed by atoms with Crippen LogP contribution in [0.15, 0.2) is 40.8 Å². The lowest BCUT2D eigenvalue weighted by molar-refractivity contribution is 0.406. The van der Waals surface area contributed by atoms with Gasteiger partial charge in [-0.2, -0.15) is 0 Å². The van der Waals surface area contributed by atoms with Gasteiger partial charge in [0.05, 0.1) is 6.04 Å². The molecule has 96 valence electrons. The molecule has 0 aliphatic rings. The van der Waals surface area contributed by atoms with Crippen LogP contribution in [-0.2, 0) is 12.8 Å². The molecule has 0 spiro atoms. The monoisotopic (exact) mass is 243 g/mol. The van der Waals surface area contributed by atoms with Crippen molar-refractivity contribution in [2.45, 2.75) is 32.7 Å². The van der Waals surface area contributed by atoms with E-state index in [9.17, 15) is 0 Å². The smallest absolute Gasteiger partial charge is 0.121 e. The topological polar surface area (TPSA) is 25.2 Å². The minimum atomic E-state index is 0.242. The highest BCUT2D eigenvalue weighted by Gasteiger charge is 2.14. The summed E-state index contributed by atoms with van der Waals surface area (Å²) >= 11 is 0. The molecule has 18 heavy (non-hydrogen) atoms. The number of likely N-dealkylation sites (N-methyl/N-ethyl adjacent to an activating group) is 1. The molecule has 0 bridgehead atoms. The van der Waals surface area contributed by atoms with E-state index >= 15 is 0 Å². The minimum absolute atomic E-state index is 0.242. The first-order chi connectivity index (χ1) is 8.74. The molecule has 2 heteroatoms. The van der Waals surface area contributed by atoms with Crippen molar-refractivity contribution in [3.8, 4) is 0 Å². The summed E-state index contributed by atoms with van der Waals surface area (Å²) < 4.78 is 5.84. The number of nitrogens with one attached hydrogen (secondary N) is 1. The van der Waals surface area contributed by atoms with Gasteiger partial charge in [-0.15, -0.1) is 0 Å². The second-order valence-corrected chi connectivity index (χ2v) is 4.63. The third kappa shape index (κ3) is 2.82. The fourth-order valence-electron chi connectivity index (χ4n) is 2.18. The highest BCUT2D eigenvalue weighted by Crippen LogP contribution is 2.22. The summed E-state index contributed by atoms with van der Waals surface area (Å²) in [6, 6.07) is 12.9. The van der Waals surface area contributed by atoms with Crippen LogP contribution in [0.2, 0.25) is 0 Å². The van der Waals surface area contributed by atoms with E-state index in [0.717, 1.165) is 24.4 Å². The van der Waals surface area contributed by atoms with E-state index < -0.39 is 0 Å². The lowest BCUT2D eigenvalue weighted by Crippen LogP contribution is -2.18. The maximum atomic E-state index is 5.84. The Morgan fingerprint density at radius 3 is 2.56 bits per heavy atom. The maximum Gasteiger partial charge on any atom is 0.121 e. The molecule has 0 radical (unpaired) electrons. The van der Waals surface area contributed by atoms with Crippen molar-refractivity contribution in [1.29, 1.82) is 0 Å². The van der Waals surface area contributed by atoms with E-state index in [0.29, 0.717) is 0 Å². The van der Waals surface area contributed by atoms with Crippen LogP contribution in [0.1, 0.15) is 35.6 Å². The molecule has 2 nitrogen and oxygen atoms in total. The predicted molar refractivity (Wildman–Crippen MR) is 74.8 cm³/mol. The Hall–Kier alpha value is -1.54. The summed E-state index contributed by atoms with van der Waals surface area (Å²) in [6.07, 6.45) is 1.90. The lowest BCUT2D eigenvalue weighted by Gasteiger charge is -2.15. The highest BCUT2D eigenvalue weighted by molar-refractivity contribution is 5.27. The first-order valence-corrected chi connectivity index (χ1v) is 6.55. The number of hydrogen-bond acceptors (Lipinski definition) is 2. The quantitative estimate of drug-likeness (QED) is 0.867. The molecule has 1 aromatic heterocycles. The lowest BCUT2D eigenvalue weighted by atomic mass is 10.00. The van der Waals surface area contributed by atoms with E-state index in [4.69, 9.17) is 4.42 Å². The Morgan fingerprint density at radius 2 is 1.94 bits per heavy atom. The second kappa shape index (κ2) is 5.87. The van der Waals surface area contributed by atoms with Crippen LogP contribution in [0.5, 0.6) is 0 Å². The van der Waals surface area contributed by atoms with Crippen molar-refractivity contribution < 1.29 is 4.42 Å². The standard InChI is InChI=1S/C16H21NO/c1-4-14-9-10-16(18-14)15(17-3)11-13-8-6-5-7-12(13)2/h5-10,15,17H,4,11H2,1-3H3. The zero-order chi connectivity index (χ0) is 13.0. The molecule has 0 aliphatic heterocycles. The van der Waals surface area contributed by atoms with Crippen molar-refractivity contribution in [2.75, 3.05) is 7.05 Å². The van der Waals surface area contributed by atoms with Gasteiger partial charge in [-0.3, -0.25) is 0 Å². The van der Waals surface area contributed by atoms with E-state index in [2.05, 4.69) is 55.6 Å². The fourth-order valence-corrected chi connectivity index (χ4v) is 2.18. The van der Waals surface area contributed by atoms with Gasteiger partial charge in [-0.05, 0) is 43.7 Å². The van der Waals surface area contributed by atoms with E-state index in [-0.39, 0.29) is 6.04 Å². The SMILES string of the molecule is CCc1ccc(C(Cc2ccccc2C)NC)o1. The zero-order valence-electron chi connectivity index (χ0n) is 11.4. The van der Waals surface area contributed by atoms with Crippen molar-refractivity contribution in [1.82, 2.24) is 5.32 Å². The molecule has 1 atom stereocenters. The van der Waals surface area contributed by atoms with Gasteiger partial charge in [0.1, 0.15) is 11.5 Å². The number of benzene rings is 1. The van der Waals surface area contributed by atoms with Gasteiger partial charge in [0, 0.05) is 6.42 Å². The van der Waals surface area contributed by atoms with E-state index in [1.54, 1.807) is 0 Å². The third-order valence-electron chi connectivity index (χ3n) is 3.41. The first-order valence-electron chi connectivity index (χ1n) is 6.55. The molecule has 0 amide bonds. The van der Waals surface area contributed by atoms with Gasteiger partial charge < -0.3 is 9.73 Å².